The number of nitrogens with two attached hydrogens (primary N) is 1. The zero-order chi connectivity index (χ0) is 20.2. The molecule has 2 aromatic rings. The van der Waals surface area contributed by atoms with Crippen molar-refractivity contribution in [2.75, 3.05) is 55.2 Å². The molecule has 10 heteroatoms. The highest BCUT2D eigenvalue weighted by atomic mass is 16.2. The maximum atomic E-state index is 12.5. The van der Waals surface area contributed by atoms with Gasteiger partial charge in [0.15, 0.2) is 11.5 Å². The van der Waals surface area contributed by atoms with Gasteiger partial charge in [0.25, 0.3) is 5.91 Å². The molecular formula is C19H24N8O2. The summed E-state index contributed by atoms with van der Waals surface area (Å²) in [5.41, 5.74) is 5.93. The van der Waals surface area contributed by atoms with Crippen molar-refractivity contribution < 1.29 is 9.59 Å². The first-order valence-electron chi connectivity index (χ1n) is 9.75. The zero-order valence-corrected chi connectivity index (χ0v) is 16.1. The topological polar surface area (TPSA) is 121 Å². The number of nitrogen functional groups attached to an aromatic ring is 1. The van der Waals surface area contributed by atoms with Crippen molar-refractivity contribution in [1.29, 1.82) is 0 Å². The van der Waals surface area contributed by atoms with Crippen LogP contribution in [0.4, 0.5) is 22.2 Å². The fraction of sp³-hybridized carbons (Fsp3) is 0.421. The van der Waals surface area contributed by atoms with Crippen LogP contribution < -0.4 is 16.0 Å². The van der Waals surface area contributed by atoms with Gasteiger partial charge in [-0.3, -0.25) is 4.79 Å². The highest BCUT2D eigenvalue weighted by molar-refractivity contribution is 6.05. The normalized spacial score (nSPS) is 16.8. The van der Waals surface area contributed by atoms with Crippen LogP contribution in [0.2, 0.25) is 0 Å². The summed E-state index contributed by atoms with van der Waals surface area (Å²) in [6.07, 6.45) is 5.31. The lowest BCUT2D eigenvalue weighted by Gasteiger charge is -2.37. The molecular weight excluding hydrogens is 372 g/mol. The minimum Gasteiger partial charge on any atom is -0.382 e. The monoisotopic (exact) mass is 396 g/mol. The summed E-state index contributed by atoms with van der Waals surface area (Å²) in [6, 6.07) is 5.33. The van der Waals surface area contributed by atoms with E-state index in [1.807, 2.05) is 14.7 Å². The Bertz CT molecular complexity index is 877. The first-order chi connectivity index (χ1) is 14.1. The van der Waals surface area contributed by atoms with Gasteiger partial charge >= 0.3 is 6.03 Å². The summed E-state index contributed by atoms with van der Waals surface area (Å²) >= 11 is 0. The van der Waals surface area contributed by atoms with Crippen LogP contribution in [0.1, 0.15) is 23.3 Å². The Morgan fingerprint density at radius 3 is 2.38 bits per heavy atom. The predicted molar refractivity (Wildman–Crippen MR) is 109 cm³/mol. The summed E-state index contributed by atoms with van der Waals surface area (Å²) in [5, 5.41) is 2.67. The summed E-state index contributed by atoms with van der Waals surface area (Å²) in [5.74, 6) is 0.584. The molecule has 4 heterocycles. The van der Waals surface area contributed by atoms with Crippen molar-refractivity contribution in [3.8, 4) is 0 Å². The maximum absolute atomic E-state index is 12.5. The Balaban J connectivity index is 1.41. The average molecular weight is 396 g/mol. The molecule has 10 nitrogen and oxygen atoms in total. The van der Waals surface area contributed by atoms with Crippen molar-refractivity contribution in [1.82, 2.24) is 24.8 Å². The van der Waals surface area contributed by atoms with Crippen molar-refractivity contribution in [2.45, 2.75) is 12.8 Å². The zero-order valence-electron chi connectivity index (χ0n) is 16.1. The predicted octanol–water partition coefficient (Wildman–Crippen LogP) is 1.04. The van der Waals surface area contributed by atoms with Crippen molar-refractivity contribution in [3.63, 3.8) is 0 Å². The number of piperazine rings is 1. The van der Waals surface area contributed by atoms with Gasteiger partial charge in [0.1, 0.15) is 11.6 Å². The van der Waals surface area contributed by atoms with Crippen LogP contribution in [0.5, 0.6) is 0 Å². The van der Waals surface area contributed by atoms with Gasteiger partial charge in [0, 0.05) is 45.5 Å². The van der Waals surface area contributed by atoms with E-state index in [-0.39, 0.29) is 17.5 Å². The number of aromatic nitrogens is 3. The Morgan fingerprint density at radius 2 is 1.69 bits per heavy atom. The minimum atomic E-state index is -0.460. The van der Waals surface area contributed by atoms with E-state index in [2.05, 4.69) is 20.3 Å². The number of pyridine rings is 1. The molecule has 2 saturated heterocycles. The molecule has 0 bridgehead atoms. The van der Waals surface area contributed by atoms with Crippen molar-refractivity contribution >= 4 is 29.4 Å². The number of nitrogens with one attached hydrogen (secondary N) is 1. The largest absolute Gasteiger partial charge is 0.382 e. The third kappa shape index (κ3) is 4.20. The molecule has 0 spiro atoms. The highest BCUT2D eigenvalue weighted by Gasteiger charge is 2.28. The molecule has 29 heavy (non-hydrogen) atoms. The van der Waals surface area contributed by atoms with Crippen LogP contribution in [0.15, 0.2) is 30.6 Å². The molecule has 2 aromatic heterocycles. The van der Waals surface area contributed by atoms with Crippen molar-refractivity contribution in [2.24, 2.45) is 0 Å². The second-order valence-electron chi connectivity index (χ2n) is 7.08. The molecule has 3 N–H and O–H groups in total. The molecule has 3 amide bonds. The number of nitrogens with zero attached hydrogens (tertiary/aromatic N) is 6. The van der Waals surface area contributed by atoms with Crippen LogP contribution in [-0.4, -0.2) is 76.0 Å². The Kier molecular flexibility index (Phi) is 5.41. The Hall–Kier alpha value is -3.43. The van der Waals surface area contributed by atoms with Gasteiger partial charge < -0.3 is 25.8 Å². The first kappa shape index (κ1) is 18.9. The smallest absolute Gasteiger partial charge is 0.320 e. The van der Waals surface area contributed by atoms with Crippen molar-refractivity contribution in [3.05, 3.63) is 36.3 Å². The van der Waals surface area contributed by atoms with Crippen LogP contribution >= 0.6 is 0 Å². The molecule has 2 aliphatic heterocycles. The molecule has 0 radical (unpaired) electrons. The quantitative estimate of drug-likeness (QED) is 0.795. The second kappa shape index (κ2) is 8.29. The lowest BCUT2D eigenvalue weighted by Crippen LogP contribution is -2.52. The third-order valence-electron chi connectivity index (χ3n) is 5.16. The number of hydrogen-bond donors (Lipinski definition) is 2. The van der Waals surface area contributed by atoms with Gasteiger partial charge in [-0.25, -0.2) is 19.7 Å². The highest BCUT2D eigenvalue weighted by Crippen LogP contribution is 2.18. The van der Waals surface area contributed by atoms with Crippen LogP contribution in [0.25, 0.3) is 0 Å². The molecule has 4 rings (SSSR count). The minimum absolute atomic E-state index is 0.0590. The summed E-state index contributed by atoms with van der Waals surface area (Å²) in [6.45, 7) is 4.15. The third-order valence-corrected chi connectivity index (χ3v) is 5.16. The van der Waals surface area contributed by atoms with E-state index in [0.717, 1.165) is 25.9 Å². The summed E-state index contributed by atoms with van der Waals surface area (Å²) in [4.78, 5) is 43.5. The van der Waals surface area contributed by atoms with Gasteiger partial charge in [-0.05, 0) is 25.0 Å². The molecule has 0 aliphatic carbocycles. The SMILES string of the molecule is Nc1ncc(N2CCN(C(=O)N3CCCC3)CC2)nc1C(=O)Nc1ccccn1. The number of carbonyl (C=O) groups excluding carboxylic acids is 2. The number of hydrogen-bond acceptors (Lipinski definition) is 7. The number of anilines is 3. The molecule has 0 unspecified atom stereocenters. The Labute approximate surface area is 168 Å². The maximum Gasteiger partial charge on any atom is 0.320 e. The lowest BCUT2D eigenvalue weighted by molar-refractivity contribution is 0.102. The van der Waals surface area contributed by atoms with E-state index < -0.39 is 5.91 Å². The van der Waals surface area contributed by atoms with E-state index in [0.29, 0.717) is 37.8 Å². The van der Waals surface area contributed by atoms with Crippen LogP contribution in [0.3, 0.4) is 0 Å². The molecule has 0 aromatic carbocycles. The van der Waals surface area contributed by atoms with Gasteiger partial charge in [-0.15, -0.1) is 0 Å². The average Bonchev–Trinajstić information content (AvgIpc) is 3.29. The number of amides is 3. The molecule has 0 saturated carbocycles. The van der Waals surface area contributed by atoms with Gasteiger partial charge in [-0.2, -0.15) is 0 Å². The van der Waals surface area contributed by atoms with Gasteiger partial charge in [0.2, 0.25) is 0 Å². The number of carbonyl (C=O) groups is 2. The standard InChI is InChI=1S/C19H24N8O2/c20-17-16(18(28)23-14-5-1-2-6-21-14)24-15(13-22-17)25-9-11-27(12-10-25)19(29)26-7-3-4-8-26/h1-2,5-6,13H,3-4,7-12H2,(H2,20,22)(H,21,23,28). The molecule has 2 aliphatic rings. The number of rotatable bonds is 3. The van der Waals surface area contributed by atoms with Crippen LogP contribution in [0, 0.1) is 0 Å². The first-order valence-corrected chi connectivity index (χ1v) is 9.75. The molecule has 152 valence electrons. The fourth-order valence-corrected chi connectivity index (χ4v) is 3.56. The Morgan fingerprint density at radius 1 is 0.966 bits per heavy atom. The van der Waals surface area contributed by atoms with E-state index >= 15 is 0 Å². The van der Waals surface area contributed by atoms with E-state index in [1.165, 1.54) is 0 Å². The van der Waals surface area contributed by atoms with Gasteiger partial charge in [0.05, 0.1) is 6.20 Å². The van der Waals surface area contributed by atoms with E-state index in [4.69, 9.17) is 5.73 Å². The lowest BCUT2D eigenvalue weighted by atomic mass is 10.3. The number of likely N-dealkylation sites (tertiary alicyclic amines) is 1. The molecule has 2 fully saturated rings. The second-order valence-corrected chi connectivity index (χ2v) is 7.08. The summed E-state index contributed by atoms with van der Waals surface area (Å²) < 4.78 is 0. The fourth-order valence-electron chi connectivity index (χ4n) is 3.56. The van der Waals surface area contributed by atoms with Crippen LogP contribution in [-0.2, 0) is 0 Å². The van der Waals surface area contributed by atoms with Gasteiger partial charge in [-0.1, -0.05) is 6.07 Å². The number of urea groups is 1. The van der Waals surface area contributed by atoms with E-state index in [1.54, 1.807) is 30.6 Å². The molecule has 0 atom stereocenters. The van der Waals surface area contributed by atoms with E-state index in [9.17, 15) is 9.59 Å². The summed E-state index contributed by atoms with van der Waals surface area (Å²) in [7, 11) is 0.